The van der Waals surface area contributed by atoms with Crippen LogP contribution in [0.5, 0.6) is 0 Å². The maximum absolute atomic E-state index is 13.1. The lowest BCUT2D eigenvalue weighted by Gasteiger charge is -2.33. The van der Waals surface area contributed by atoms with Gasteiger partial charge in [-0.25, -0.2) is 0 Å². The maximum atomic E-state index is 13.1. The van der Waals surface area contributed by atoms with Gasteiger partial charge >= 0.3 is 11.9 Å². The molecule has 1 saturated carbocycles. The van der Waals surface area contributed by atoms with E-state index < -0.39 is 11.5 Å². The fourth-order valence-corrected chi connectivity index (χ4v) is 4.36. The standard InChI is InChI=1S/C22H31NO5/c1-16(28-17(2)24)22(21(25)27-15-18-6-4-3-5-7-18)11-8-20(14-22)23-19-9-12-26-13-10-19/h3-7,16,19-20,23H,8-15H2,1-2H3/t16?,20-,22?/m1/s1. The van der Waals surface area contributed by atoms with E-state index in [2.05, 4.69) is 5.32 Å². The molecule has 1 heterocycles. The first-order valence-corrected chi connectivity index (χ1v) is 10.2. The SMILES string of the molecule is CC(=O)OC(C)C1(C(=O)OCc2ccccc2)CC[C@@H](NC2CCOCC2)C1. The van der Waals surface area contributed by atoms with E-state index >= 15 is 0 Å². The van der Waals surface area contributed by atoms with Gasteiger partial charge in [-0.1, -0.05) is 30.3 Å². The lowest BCUT2D eigenvalue weighted by Crippen LogP contribution is -2.45. The highest BCUT2D eigenvalue weighted by atomic mass is 16.6. The summed E-state index contributed by atoms with van der Waals surface area (Å²) in [4.78, 5) is 24.7. The molecule has 0 radical (unpaired) electrons. The van der Waals surface area contributed by atoms with Crippen molar-refractivity contribution in [2.45, 2.75) is 70.7 Å². The fourth-order valence-electron chi connectivity index (χ4n) is 4.36. The first kappa shape index (κ1) is 20.8. The van der Waals surface area contributed by atoms with Crippen molar-refractivity contribution in [3.63, 3.8) is 0 Å². The minimum absolute atomic E-state index is 0.213. The van der Waals surface area contributed by atoms with Gasteiger partial charge in [0.15, 0.2) is 0 Å². The number of nitrogens with one attached hydrogen (secondary N) is 1. The molecule has 3 rings (SSSR count). The molecule has 3 atom stereocenters. The highest BCUT2D eigenvalue weighted by Crippen LogP contribution is 2.44. The molecule has 0 amide bonds. The van der Waals surface area contributed by atoms with Crippen molar-refractivity contribution in [1.29, 1.82) is 0 Å². The van der Waals surface area contributed by atoms with Crippen molar-refractivity contribution in [1.82, 2.24) is 5.32 Å². The molecule has 0 spiro atoms. The third-order valence-corrected chi connectivity index (χ3v) is 5.98. The Hall–Kier alpha value is -1.92. The van der Waals surface area contributed by atoms with Crippen LogP contribution in [0.3, 0.4) is 0 Å². The summed E-state index contributed by atoms with van der Waals surface area (Å²) < 4.78 is 16.6. The van der Waals surface area contributed by atoms with E-state index in [9.17, 15) is 9.59 Å². The first-order valence-electron chi connectivity index (χ1n) is 10.2. The van der Waals surface area contributed by atoms with Gasteiger partial charge in [0.05, 0.1) is 0 Å². The molecule has 6 nitrogen and oxygen atoms in total. The van der Waals surface area contributed by atoms with Gasteiger partial charge in [-0.3, -0.25) is 9.59 Å². The highest BCUT2D eigenvalue weighted by molar-refractivity contribution is 5.79. The molecule has 2 unspecified atom stereocenters. The van der Waals surface area contributed by atoms with Gasteiger partial charge in [-0.15, -0.1) is 0 Å². The second-order valence-electron chi connectivity index (χ2n) is 7.96. The highest BCUT2D eigenvalue weighted by Gasteiger charge is 2.52. The number of hydrogen-bond donors (Lipinski definition) is 1. The molecule has 1 aromatic carbocycles. The Bertz CT molecular complexity index is 658. The Kier molecular flexibility index (Phi) is 7.08. The Balaban J connectivity index is 1.67. The predicted octanol–water partition coefficient (Wildman–Crippen LogP) is 2.99. The molecule has 2 aliphatic rings. The topological polar surface area (TPSA) is 73.9 Å². The molecular weight excluding hydrogens is 358 g/mol. The zero-order valence-electron chi connectivity index (χ0n) is 16.8. The average Bonchev–Trinajstić information content (AvgIpc) is 3.12. The van der Waals surface area contributed by atoms with Gasteiger partial charge in [0.2, 0.25) is 0 Å². The van der Waals surface area contributed by atoms with Crippen LogP contribution in [0, 0.1) is 5.41 Å². The summed E-state index contributed by atoms with van der Waals surface area (Å²) in [5.41, 5.74) is 0.143. The Morgan fingerprint density at radius 1 is 1.18 bits per heavy atom. The summed E-state index contributed by atoms with van der Waals surface area (Å²) in [7, 11) is 0. The molecule has 2 fully saturated rings. The summed E-state index contributed by atoms with van der Waals surface area (Å²) >= 11 is 0. The summed E-state index contributed by atoms with van der Waals surface area (Å²) in [6.45, 7) is 4.97. The normalized spacial score (nSPS) is 26.6. The van der Waals surface area contributed by atoms with E-state index in [1.54, 1.807) is 0 Å². The van der Waals surface area contributed by atoms with Crippen LogP contribution in [0.4, 0.5) is 0 Å². The average molecular weight is 389 g/mol. The van der Waals surface area contributed by atoms with Crippen LogP contribution in [-0.2, 0) is 30.4 Å². The van der Waals surface area contributed by atoms with E-state index in [-0.39, 0.29) is 24.6 Å². The van der Waals surface area contributed by atoms with Crippen LogP contribution in [-0.4, -0.2) is 43.3 Å². The summed E-state index contributed by atoms with van der Waals surface area (Å²) in [6, 6.07) is 10.3. The molecule has 1 aliphatic carbocycles. The van der Waals surface area contributed by atoms with Crippen molar-refractivity contribution in [2.75, 3.05) is 13.2 Å². The van der Waals surface area contributed by atoms with Crippen molar-refractivity contribution in [3.05, 3.63) is 35.9 Å². The second kappa shape index (κ2) is 9.52. The monoisotopic (exact) mass is 389 g/mol. The Morgan fingerprint density at radius 3 is 2.57 bits per heavy atom. The number of hydrogen-bond acceptors (Lipinski definition) is 6. The van der Waals surface area contributed by atoms with Gasteiger partial charge < -0.3 is 19.5 Å². The first-order chi connectivity index (χ1) is 13.5. The van der Waals surface area contributed by atoms with Gasteiger partial charge in [0, 0.05) is 32.2 Å². The van der Waals surface area contributed by atoms with E-state index in [0.29, 0.717) is 18.9 Å². The maximum Gasteiger partial charge on any atom is 0.316 e. The quantitative estimate of drug-likeness (QED) is 0.723. The van der Waals surface area contributed by atoms with Gasteiger partial charge in [-0.2, -0.15) is 0 Å². The van der Waals surface area contributed by atoms with Gasteiger partial charge in [-0.05, 0) is 44.6 Å². The molecule has 6 heteroatoms. The smallest absolute Gasteiger partial charge is 0.316 e. The van der Waals surface area contributed by atoms with Crippen LogP contribution in [0.25, 0.3) is 0 Å². The van der Waals surface area contributed by atoms with Crippen LogP contribution in [0.15, 0.2) is 30.3 Å². The van der Waals surface area contributed by atoms with Crippen molar-refractivity contribution >= 4 is 11.9 Å². The van der Waals surface area contributed by atoms with Gasteiger partial charge in [0.1, 0.15) is 18.1 Å². The number of esters is 2. The van der Waals surface area contributed by atoms with Crippen LogP contribution in [0.2, 0.25) is 0 Å². The van der Waals surface area contributed by atoms with Crippen LogP contribution in [0.1, 0.15) is 51.5 Å². The third-order valence-electron chi connectivity index (χ3n) is 5.98. The van der Waals surface area contributed by atoms with E-state index in [1.807, 2.05) is 37.3 Å². The number of ether oxygens (including phenoxy) is 3. The molecule has 0 bridgehead atoms. The minimum Gasteiger partial charge on any atom is -0.462 e. The minimum atomic E-state index is -0.802. The summed E-state index contributed by atoms with van der Waals surface area (Å²) in [6.07, 6.45) is 3.59. The van der Waals surface area contributed by atoms with Crippen molar-refractivity contribution < 1.29 is 23.8 Å². The lowest BCUT2D eigenvalue weighted by molar-refractivity contribution is -0.172. The second-order valence-corrected chi connectivity index (χ2v) is 7.96. The molecule has 0 aromatic heterocycles. The van der Waals surface area contributed by atoms with Crippen LogP contribution < -0.4 is 5.32 Å². The van der Waals surface area contributed by atoms with E-state index in [0.717, 1.165) is 38.0 Å². The molecule has 1 saturated heterocycles. The zero-order valence-corrected chi connectivity index (χ0v) is 16.8. The Labute approximate surface area is 166 Å². The number of benzene rings is 1. The molecule has 28 heavy (non-hydrogen) atoms. The van der Waals surface area contributed by atoms with Crippen LogP contribution >= 0.6 is 0 Å². The van der Waals surface area contributed by atoms with Gasteiger partial charge in [0.25, 0.3) is 0 Å². The molecule has 1 aliphatic heterocycles. The van der Waals surface area contributed by atoms with Crippen molar-refractivity contribution in [2.24, 2.45) is 5.41 Å². The zero-order chi connectivity index (χ0) is 20.0. The summed E-state index contributed by atoms with van der Waals surface area (Å²) in [5, 5.41) is 3.68. The molecule has 154 valence electrons. The molecule has 1 aromatic rings. The number of carbonyl (C=O) groups is 2. The number of carbonyl (C=O) groups excluding carboxylic acids is 2. The summed E-state index contributed by atoms with van der Waals surface area (Å²) in [5.74, 6) is -0.648. The Morgan fingerprint density at radius 2 is 1.89 bits per heavy atom. The molecular formula is C22H31NO5. The third kappa shape index (κ3) is 5.11. The van der Waals surface area contributed by atoms with E-state index in [1.165, 1.54) is 6.92 Å². The largest absolute Gasteiger partial charge is 0.462 e. The van der Waals surface area contributed by atoms with Crippen molar-refractivity contribution in [3.8, 4) is 0 Å². The predicted molar refractivity (Wildman–Crippen MR) is 105 cm³/mol. The van der Waals surface area contributed by atoms with E-state index in [4.69, 9.17) is 14.2 Å². The molecule has 1 N–H and O–H groups in total. The number of rotatable bonds is 7. The fraction of sp³-hybridized carbons (Fsp3) is 0.636. The lowest BCUT2D eigenvalue weighted by atomic mass is 9.80.